The van der Waals surface area contributed by atoms with Crippen molar-refractivity contribution in [2.24, 2.45) is 0 Å². The van der Waals surface area contributed by atoms with Crippen LogP contribution in [0.3, 0.4) is 0 Å². The van der Waals surface area contributed by atoms with Crippen molar-refractivity contribution in [1.29, 1.82) is 0 Å². The Labute approximate surface area is 193 Å². The number of nitrogens with one attached hydrogen (secondary N) is 1. The van der Waals surface area contributed by atoms with E-state index in [0.29, 0.717) is 0 Å². The normalized spacial score (nSPS) is 11.6. The number of aromatic nitrogens is 3. The highest BCUT2D eigenvalue weighted by molar-refractivity contribution is 6.33. The second-order valence-electron chi connectivity index (χ2n) is 6.65. The zero-order chi connectivity index (χ0) is 23.9. The third-order valence-corrected chi connectivity index (χ3v) is 5.21. The van der Waals surface area contributed by atoms with E-state index < -0.39 is 46.2 Å². The monoisotopic (exact) mass is 499 g/mol. The molecule has 0 amide bonds. The minimum absolute atomic E-state index is 0.140. The summed E-state index contributed by atoms with van der Waals surface area (Å²) in [6.07, 6.45) is -4.92. The third kappa shape index (κ3) is 4.07. The lowest BCUT2D eigenvalue weighted by atomic mass is 9.98. The number of carbonyl (C=O) groups is 1. The number of aromatic amines is 1. The van der Waals surface area contributed by atoms with Crippen LogP contribution in [-0.2, 0) is 10.9 Å². The van der Waals surface area contributed by atoms with Crippen LogP contribution in [0.15, 0.2) is 47.0 Å². The fourth-order valence-corrected chi connectivity index (χ4v) is 3.70. The molecule has 2 aromatic carbocycles. The van der Waals surface area contributed by atoms with Gasteiger partial charge in [-0.1, -0.05) is 46.6 Å². The SMILES string of the molecule is COC(=O)c1c(-c2c(F)cccc2Cl)noc1-c1c(-c2cccc(Cl)c2)n[nH]c1C(F)(F)F. The number of hydrogen-bond acceptors (Lipinski definition) is 5. The minimum atomic E-state index is -4.92. The highest BCUT2D eigenvalue weighted by atomic mass is 35.5. The summed E-state index contributed by atoms with van der Waals surface area (Å²) in [4.78, 5) is 12.6. The average molecular weight is 500 g/mol. The van der Waals surface area contributed by atoms with Gasteiger partial charge in [0, 0.05) is 10.6 Å². The van der Waals surface area contributed by atoms with E-state index in [-0.39, 0.29) is 26.9 Å². The highest BCUT2D eigenvalue weighted by Crippen LogP contribution is 2.45. The van der Waals surface area contributed by atoms with Crippen molar-refractivity contribution < 1.29 is 31.6 Å². The summed E-state index contributed by atoms with van der Waals surface area (Å²) in [6, 6.07) is 9.57. The fourth-order valence-electron chi connectivity index (χ4n) is 3.26. The molecule has 0 saturated carbocycles. The first kappa shape index (κ1) is 22.8. The van der Waals surface area contributed by atoms with Crippen LogP contribution in [-0.4, -0.2) is 28.4 Å². The van der Waals surface area contributed by atoms with Crippen LogP contribution in [0, 0.1) is 5.82 Å². The molecule has 12 heteroatoms. The average Bonchev–Trinajstić information content (AvgIpc) is 3.37. The number of halogens is 6. The van der Waals surface area contributed by atoms with Gasteiger partial charge < -0.3 is 9.26 Å². The van der Waals surface area contributed by atoms with Gasteiger partial charge in [0.25, 0.3) is 0 Å². The van der Waals surface area contributed by atoms with Gasteiger partial charge in [0.15, 0.2) is 11.5 Å². The van der Waals surface area contributed by atoms with Crippen molar-refractivity contribution in [3.05, 3.63) is 69.6 Å². The molecule has 2 aromatic heterocycles. The van der Waals surface area contributed by atoms with E-state index in [1.165, 1.54) is 36.4 Å². The Morgan fingerprint density at radius 2 is 1.82 bits per heavy atom. The molecule has 0 aliphatic heterocycles. The number of alkyl halides is 3. The van der Waals surface area contributed by atoms with Gasteiger partial charge in [0.1, 0.15) is 22.8 Å². The van der Waals surface area contributed by atoms with Crippen LogP contribution >= 0.6 is 23.2 Å². The second kappa shape index (κ2) is 8.53. The Morgan fingerprint density at radius 3 is 2.45 bits per heavy atom. The smallest absolute Gasteiger partial charge is 0.433 e. The van der Waals surface area contributed by atoms with Crippen molar-refractivity contribution >= 4 is 29.2 Å². The number of benzene rings is 2. The lowest BCUT2D eigenvalue weighted by molar-refractivity contribution is -0.140. The Bertz CT molecular complexity index is 1350. The predicted octanol–water partition coefficient (Wildman–Crippen LogP) is 6.65. The molecule has 0 aliphatic rings. The zero-order valence-electron chi connectivity index (χ0n) is 16.4. The number of esters is 1. The molecule has 0 saturated heterocycles. The third-order valence-electron chi connectivity index (χ3n) is 4.66. The number of nitrogens with zero attached hydrogens (tertiary/aromatic N) is 2. The van der Waals surface area contributed by atoms with E-state index in [9.17, 15) is 22.4 Å². The Balaban J connectivity index is 2.07. The van der Waals surface area contributed by atoms with Crippen LogP contribution in [0.4, 0.5) is 17.6 Å². The van der Waals surface area contributed by atoms with Crippen molar-refractivity contribution in [3.8, 4) is 33.8 Å². The topological polar surface area (TPSA) is 81.0 Å². The van der Waals surface area contributed by atoms with Gasteiger partial charge in [-0.15, -0.1) is 0 Å². The quantitative estimate of drug-likeness (QED) is 0.251. The van der Waals surface area contributed by atoms with Gasteiger partial charge in [-0.3, -0.25) is 5.10 Å². The summed E-state index contributed by atoms with van der Waals surface area (Å²) in [6.45, 7) is 0. The maximum atomic E-state index is 14.6. The molecule has 33 heavy (non-hydrogen) atoms. The van der Waals surface area contributed by atoms with Crippen LogP contribution in [0.25, 0.3) is 33.8 Å². The molecule has 4 rings (SSSR count). The van der Waals surface area contributed by atoms with Gasteiger partial charge in [-0.05, 0) is 24.3 Å². The largest absolute Gasteiger partial charge is 0.465 e. The lowest BCUT2D eigenvalue weighted by Gasteiger charge is -2.09. The van der Waals surface area contributed by atoms with Crippen LogP contribution in [0.2, 0.25) is 10.0 Å². The van der Waals surface area contributed by atoms with Crippen molar-refractivity contribution in [2.75, 3.05) is 7.11 Å². The molecule has 0 fully saturated rings. The van der Waals surface area contributed by atoms with Crippen LogP contribution in [0.5, 0.6) is 0 Å². The molecule has 0 aliphatic carbocycles. The summed E-state index contributed by atoms with van der Waals surface area (Å²) in [5, 5.41) is 9.47. The first-order valence-corrected chi connectivity index (χ1v) is 9.83. The van der Waals surface area contributed by atoms with Gasteiger partial charge in [-0.2, -0.15) is 18.3 Å². The minimum Gasteiger partial charge on any atom is -0.465 e. The van der Waals surface area contributed by atoms with E-state index in [1.54, 1.807) is 0 Å². The standard InChI is InChI=1S/C21H11Cl2F4N3O3/c1-32-20(31)15-17(13-11(23)6-3-7-12(13)24)30-33-18(15)14-16(9-4-2-5-10(22)8-9)28-29-19(14)21(25,26)27/h2-8H,1H3,(H,28,29). The van der Waals surface area contributed by atoms with E-state index in [0.717, 1.165) is 13.2 Å². The summed E-state index contributed by atoms with van der Waals surface area (Å²) in [5.74, 6) is -2.62. The summed E-state index contributed by atoms with van der Waals surface area (Å²) in [7, 11) is 1.00. The molecule has 6 nitrogen and oxygen atoms in total. The molecular formula is C21H11Cl2F4N3O3. The van der Waals surface area contributed by atoms with Crippen LogP contribution in [0.1, 0.15) is 16.1 Å². The van der Waals surface area contributed by atoms with E-state index >= 15 is 0 Å². The molecule has 0 unspecified atom stereocenters. The van der Waals surface area contributed by atoms with Gasteiger partial charge in [0.05, 0.1) is 23.3 Å². The van der Waals surface area contributed by atoms with Gasteiger partial charge >= 0.3 is 12.1 Å². The first-order chi connectivity index (χ1) is 15.6. The van der Waals surface area contributed by atoms with Crippen LogP contribution < -0.4 is 0 Å². The molecule has 0 spiro atoms. The zero-order valence-corrected chi connectivity index (χ0v) is 17.9. The Morgan fingerprint density at radius 1 is 1.09 bits per heavy atom. The van der Waals surface area contributed by atoms with E-state index in [1.807, 2.05) is 5.10 Å². The molecule has 0 atom stereocenters. The van der Waals surface area contributed by atoms with Gasteiger partial charge in [-0.25, -0.2) is 9.18 Å². The van der Waals surface area contributed by atoms with Gasteiger partial charge in [0.2, 0.25) is 0 Å². The molecule has 2 heterocycles. The second-order valence-corrected chi connectivity index (χ2v) is 7.50. The maximum Gasteiger partial charge on any atom is 0.433 e. The number of methoxy groups -OCH3 is 1. The maximum absolute atomic E-state index is 14.6. The number of ether oxygens (including phenoxy) is 1. The van der Waals surface area contributed by atoms with Crippen molar-refractivity contribution in [1.82, 2.24) is 15.4 Å². The summed E-state index contributed by atoms with van der Waals surface area (Å²) < 4.78 is 66.1. The number of rotatable bonds is 4. The number of H-pyrrole nitrogens is 1. The molecule has 1 N–H and O–H groups in total. The summed E-state index contributed by atoms with van der Waals surface area (Å²) in [5.41, 5.74) is -3.29. The van der Waals surface area contributed by atoms with Crippen molar-refractivity contribution in [3.63, 3.8) is 0 Å². The Hall–Kier alpha value is -3.37. The predicted molar refractivity (Wildman–Crippen MR) is 111 cm³/mol. The van der Waals surface area contributed by atoms with Crippen molar-refractivity contribution in [2.45, 2.75) is 6.18 Å². The molecular weight excluding hydrogens is 489 g/mol. The van der Waals surface area contributed by atoms with E-state index in [4.69, 9.17) is 32.5 Å². The molecule has 0 radical (unpaired) electrons. The Kier molecular flexibility index (Phi) is 5.89. The number of carbonyl (C=O) groups excluding carboxylic acids is 1. The fraction of sp³-hybridized carbons (Fsp3) is 0.0952. The first-order valence-electron chi connectivity index (χ1n) is 9.07. The molecule has 0 bridgehead atoms. The summed E-state index contributed by atoms with van der Waals surface area (Å²) >= 11 is 12.1. The lowest BCUT2D eigenvalue weighted by Crippen LogP contribution is -2.09. The number of hydrogen-bond donors (Lipinski definition) is 1. The highest BCUT2D eigenvalue weighted by Gasteiger charge is 2.42. The molecule has 4 aromatic rings. The van der Waals surface area contributed by atoms with E-state index in [2.05, 4.69) is 10.3 Å². The molecule has 170 valence electrons.